The number of allylic oxidation sites excluding steroid dienone is 3. The lowest BCUT2D eigenvalue weighted by Gasteiger charge is -2.20. The molecule has 6 heteroatoms. The Balaban J connectivity index is 3.39. The summed E-state index contributed by atoms with van der Waals surface area (Å²) in [4.78, 5) is 24.6. The fraction of sp³-hybridized carbons (Fsp3) is 0.915. The van der Waals surface area contributed by atoms with Crippen molar-refractivity contribution in [2.45, 2.75) is 405 Å². The molecule has 0 bridgehead atoms. The van der Waals surface area contributed by atoms with E-state index in [0.717, 1.165) is 44.9 Å². The van der Waals surface area contributed by atoms with Gasteiger partial charge in [0.2, 0.25) is 5.91 Å². The predicted octanol–water partition coefficient (Wildman–Crippen LogP) is 22.5. The molecule has 0 heterocycles. The number of esters is 1. The van der Waals surface area contributed by atoms with Gasteiger partial charge in [-0.3, -0.25) is 9.59 Å². The molecule has 2 atom stereocenters. The van der Waals surface area contributed by atoms with Crippen LogP contribution in [0.3, 0.4) is 0 Å². The summed E-state index contributed by atoms with van der Waals surface area (Å²) in [7, 11) is 0. The second-order valence-corrected chi connectivity index (χ2v) is 24.2. The molecule has 3 N–H and O–H groups in total. The van der Waals surface area contributed by atoms with Gasteiger partial charge >= 0.3 is 5.97 Å². The molecule has 0 aliphatic heterocycles. The maximum atomic E-state index is 12.5. The van der Waals surface area contributed by atoms with Crippen molar-refractivity contribution in [1.82, 2.24) is 5.32 Å². The van der Waals surface area contributed by atoms with E-state index in [1.807, 2.05) is 6.08 Å². The van der Waals surface area contributed by atoms with Crippen LogP contribution >= 0.6 is 0 Å². The van der Waals surface area contributed by atoms with Crippen LogP contribution in [0.1, 0.15) is 393 Å². The molecule has 0 aromatic rings. The van der Waals surface area contributed by atoms with E-state index in [0.29, 0.717) is 19.4 Å². The van der Waals surface area contributed by atoms with Gasteiger partial charge in [0.1, 0.15) is 0 Å². The topological polar surface area (TPSA) is 95.9 Å². The number of amides is 1. The Bertz CT molecular complexity index is 1200. The van der Waals surface area contributed by atoms with Crippen molar-refractivity contribution >= 4 is 11.9 Å². The van der Waals surface area contributed by atoms with Crippen LogP contribution in [0.2, 0.25) is 0 Å². The Hall–Kier alpha value is -1.66. The lowest BCUT2D eigenvalue weighted by Crippen LogP contribution is -2.45. The standard InChI is InChI=1S/C71H137NO5/c1-3-5-7-9-11-13-15-17-19-21-23-28-31-35-39-43-47-51-55-59-63-69(74)68(67-73)72-70(75)64-60-56-52-48-44-40-36-32-29-26-24-25-27-30-34-38-42-46-50-54-58-62-66-77-71(76)65-61-57-53-49-45-41-37-33-22-20-18-16-14-12-10-8-6-4-2/h20,22,59,63,68-69,73-74H,3-19,21,23-58,60-62,64-67H2,1-2H3,(H,72,75)/b22-20-,63-59+. The molecule has 2 unspecified atom stereocenters. The average molecular weight is 1080 g/mol. The van der Waals surface area contributed by atoms with E-state index in [2.05, 4.69) is 31.3 Å². The highest BCUT2D eigenvalue weighted by Gasteiger charge is 2.18. The predicted molar refractivity (Wildman–Crippen MR) is 338 cm³/mol. The van der Waals surface area contributed by atoms with Crippen LogP contribution in [0.25, 0.3) is 0 Å². The molecule has 0 radical (unpaired) electrons. The van der Waals surface area contributed by atoms with Gasteiger partial charge in [0.25, 0.3) is 0 Å². The van der Waals surface area contributed by atoms with Crippen molar-refractivity contribution in [3.8, 4) is 0 Å². The smallest absolute Gasteiger partial charge is 0.305 e. The van der Waals surface area contributed by atoms with Gasteiger partial charge in [-0.2, -0.15) is 0 Å². The molecule has 0 aromatic carbocycles. The first-order valence-corrected chi connectivity index (χ1v) is 35.1. The molecular formula is C71H137NO5. The minimum atomic E-state index is -0.845. The van der Waals surface area contributed by atoms with Gasteiger partial charge in [-0.25, -0.2) is 0 Å². The minimum Gasteiger partial charge on any atom is -0.466 e. The first-order chi connectivity index (χ1) is 38.0. The molecular weight excluding hydrogens is 947 g/mol. The van der Waals surface area contributed by atoms with Crippen molar-refractivity contribution in [1.29, 1.82) is 0 Å². The highest BCUT2D eigenvalue weighted by atomic mass is 16.5. The fourth-order valence-corrected chi connectivity index (χ4v) is 11.1. The lowest BCUT2D eigenvalue weighted by atomic mass is 10.0. The average Bonchev–Trinajstić information content (AvgIpc) is 3.43. The summed E-state index contributed by atoms with van der Waals surface area (Å²) in [6.45, 7) is 4.94. The number of aliphatic hydroxyl groups is 2. The Morgan fingerprint density at radius 3 is 0.922 bits per heavy atom. The van der Waals surface area contributed by atoms with E-state index >= 15 is 0 Å². The maximum absolute atomic E-state index is 12.5. The van der Waals surface area contributed by atoms with Gasteiger partial charge in [-0.05, 0) is 57.8 Å². The Morgan fingerprint density at radius 2 is 0.610 bits per heavy atom. The SMILES string of the molecule is CCCCCCCCC/C=C\CCCCCCCCCC(=O)OCCCCCCCCCCCCCCCCCCCCCCCCC(=O)NC(CO)C(O)/C=C/CCCCCCCCCCCCCCCCCCCC. The fourth-order valence-electron chi connectivity index (χ4n) is 11.1. The summed E-state index contributed by atoms with van der Waals surface area (Å²) in [6.07, 6.45) is 83.9. The number of aliphatic hydroxyl groups excluding tert-OH is 2. The first kappa shape index (κ1) is 75.3. The van der Waals surface area contributed by atoms with Crippen molar-refractivity contribution in [3.05, 3.63) is 24.3 Å². The molecule has 0 fully saturated rings. The van der Waals surface area contributed by atoms with E-state index in [-0.39, 0.29) is 18.5 Å². The van der Waals surface area contributed by atoms with Crippen molar-refractivity contribution in [3.63, 3.8) is 0 Å². The van der Waals surface area contributed by atoms with Crippen LogP contribution in [0.4, 0.5) is 0 Å². The largest absolute Gasteiger partial charge is 0.466 e. The zero-order valence-corrected chi connectivity index (χ0v) is 52.2. The Kier molecular flexibility index (Phi) is 65.4. The maximum Gasteiger partial charge on any atom is 0.305 e. The number of rotatable bonds is 66. The van der Waals surface area contributed by atoms with Gasteiger partial charge in [-0.15, -0.1) is 0 Å². The number of nitrogens with one attached hydrogen (secondary N) is 1. The van der Waals surface area contributed by atoms with Crippen LogP contribution in [-0.2, 0) is 14.3 Å². The Morgan fingerprint density at radius 1 is 0.351 bits per heavy atom. The lowest BCUT2D eigenvalue weighted by molar-refractivity contribution is -0.143. The van der Waals surface area contributed by atoms with Crippen molar-refractivity contribution in [2.24, 2.45) is 0 Å². The molecule has 0 saturated carbocycles. The second-order valence-electron chi connectivity index (χ2n) is 24.2. The first-order valence-electron chi connectivity index (χ1n) is 35.1. The molecule has 1 amide bonds. The van der Waals surface area contributed by atoms with Gasteiger partial charge in [0.15, 0.2) is 0 Å². The van der Waals surface area contributed by atoms with E-state index < -0.39 is 12.1 Å². The number of ether oxygens (including phenoxy) is 1. The summed E-state index contributed by atoms with van der Waals surface area (Å²) < 4.78 is 5.50. The Labute approximate surface area is 481 Å². The minimum absolute atomic E-state index is 0.0107. The van der Waals surface area contributed by atoms with Crippen LogP contribution in [0.15, 0.2) is 24.3 Å². The van der Waals surface area contributed by atoms with Gasteiger partial charge < -0.3 is 20.3 Å². The number of unbranched alkanes of at least 4 members (excludes halogenated alkanes) is 53. The molecule has 0 saturated heterocycles. The normalized spacial score (nSPS) is 12.6. The van der Waals surface area contributed by atoms with E-state index in [1.54, 1.807) is 6.08 Å². The molecule has 77 heavy (non-hydrogen) atoms. The van der Waals surface area contributed by atoms with E-state index in [1.165, 1.54) is 321 Å². The zero-order valence-electron chi connectivity index (χ0n) is 52.2. The van der Waals surface area contributed by atoms with E-state index in [4.69, 9.17) is 4.74 Å². The molecule has 6 nitrogen and oxygen atoms in total. The number of carbonyl (C=O) groups excluding carboxylic acids is 2. The molecule has 456 valence electrons. The molecule has 0 aliphatic carbocycles. The van der Waals surface area contributed by atoms with Crippen LogP contribution < -0.4 is 5.32 Å². The number of carbonyl (C=O) groups is 2. The second kappa shape index (κ2) is 66.8. The van der Waals surface area contributed by atoms with Crippen LogP contribution in [-0.4, -0.2) is 47.4 Å². The summed E-state index contributed by atoms with van der Waals surface area (Å²) in [5.74, 6) is -0.0537. The van der Waals surface area contributed by atoms with Crippen LogP contribution in [0, 0.1) is 0 Å². The van der Waals surface area contributed by atoms with Gasteiger partial charge in [0, 0.05) is 12.8 Å². The zero-order chi connectivity index (χ0) is 55.7. The molecule has 0 aliphatic rings. The summed E-state index contributed by atoms with van der Waals surface area (Å²) >= 11 is 0. The number of hydrogen-bond acceptors (Lipinski definition) is 5. The summed E-state index contributed by atoms with van der Waals surface area (Å²) in [5, 5.41) is 23.2. The highest BCUT2D eigenvalue weighted by Crippen LogP contribution is 2.19. The van der Waals surface area contributed by atoms with Gasteiger partial charge in [-0.1, -0.05) is 346 Å². The number of hydrogen-bond donors (Lipinski definition) is 3. The molecule has 0 spiro atoms. The third kappa shape index (κ3) is 63.4. The summed E-state index contributed by atoms with van der Waals surface area (Å²) in [6, 6.07) is -0.629. The van der Waals surface area contributed by atoms with Crippen molar-refractivity contribution < 1.29 is 24.5 Å². The van der Waals surface area contributed by atoms with Gasteiger partial charge in [0.05, 0.1) is 25.4 Å². The van der Waals surface area contributed by atoms with Crippen LogP contribution in [0.5, 0.6) is 0 Å². The molecule has 0 aromatic heterocycles. The quantitative estimate of drug-likeness (QED) is 0.0320. The monoisotopic (exact) mass is 1080 g/mol. The highest BCUT2D eigenvalue weighted by molar-refractivity contribution is 5.76. The third-order valence-corrected chi connectivity index (χ3v) is 16.5. The van der Waals surface area contributed by atoms with E-state index in [9.17, 15) is 19.8 Å². The third-order valence-electron chi connectivity index (χ3n) is 16.5. The van der Waals surface area contributed by atoms with Crippen molar-refractivity contribution in [2.75, 3.05) is 13.2 Å². The summed E-state index contributed by atoms with van der Waals surface area (Å²) in [5.41, 5.74) is 0. The molecule has 0 rings (SSSR count).